The Labute approximate surface area is 840 Å². The Morgan fingerprint density at radius 3 is 1.25 bits per heavy atom. The van der Waals surface area contributed by atoms with Crippen molar-refractivity contribution >= 4 is 98.8 Å². The molecule has 25 heteroatoms. The van der Waals surface area contributed by atoms with Crippen LogP contribution in [0.5, 0.6) is 17.2 Å². The van der Waals surface area contributed by atoms with Gasteiger partial charge in [0.25, 0.3) is 5.91 Å². The number of carbonyl (C=O) groups is 12. The summed E-state index contributed by atoms with van der Waals surface area (Å²) in [5.41, 5.74) is 13.7. The molecule has 0 bridgehead atoms. The normalized spacial score (nSPS) is 13.6. The fourth-order valence-electron chi connectivity index (χ4n) is 15.2. The van der Waals surface area contributed by atoms with Crippen LogP contribution in [0.2, 0.25) is 0 Å². The summed E-state index contributed by atoms with van der Waals surface area (Å²) in [5, 5.41) is 75.4. The van der Waals surface area contributed by atoms with Crippen molar-refractivity contribution in [3.63, 3.8) is 0 Å². The highest BCUT2D eigenvalue weighted by Crippen LogP contribution is 2.35. The van der Waals surface area contributed by atoms with Gasteiger partial charge in [0, 0.05) is 45.8 Å². The molecule has 14 aromatic rings. The molecule has 1 aliphatic heterocycles. The summed E-state index contributed by atoms with van der Waals surface area (Å²) in [6.07, 6.45) is 4.56. The number of anilines is 1. The number of ketones is 3. The van der Waals surface area contributed by atoms with Gasteiger partial charge in [-0.05, 0) is 243 Å². The number of aliphatic carboxylic acids is 8. The average molecular weight is 1970 g/mol. The predicted molar refractivity (Wildman–Crippen MR) is 555 cm³/mol. The maximum atomic E-state index is 14.0. The number of para-hydroxylation sites is 1. The van der Waals surface area contributed by atoms with Gasteiger partial charge < -0.3 is 55.2 Å². The quantitative estimate of drug-likeness (QED) is 0.0202. The molecule has 1 aromatic heterocycles. The van der Waals surface area contributed by atoms with E-state index in [1.807, 2.05) is 193 Å². The molecule has 1 fully saturated rings. The predicted octanol–water partition coefficient (Wildman–Crippen LogP) is 25.6. The molecule has 0 radical (unpaired) electrons. The molecule has 2 aliphatic rings. The molecule has 16 rings (SSSR count). The lowest BCUT2D eigenvalue weighted by atomic mass is 9.94. The van der Waals surface area contributed by atoms with Gasteiger partial charge in [-0.2, -0.15) is 0 Å². The van der Waals surface area contributed by atoms with Gasteiger partial charge in [0.05, 0.1) is 65.9 Å². The van der Waals surface area contributed by atoms with Crippen molar-refractivity contribution < 1.29 is 112 Å². The molecule has 1 aliphatic carbocycles. The first-order valence-corrected chi connectivity index (χ1v) is 47.8. The van der Waals surface area contributed by atoms with Crippen molar-refractivity contribution in [2.75, 3.05) is 12.0 Å². The van der Waals surface area contributed by atoms with Gasteiger partial charge in [-0.15, -0.1) is 11.3 Å². The molecule has 744 valence electrons. The summed E-state index contributed by atoms with van der Waals surface area (Å²) >= 11 is 1.40. The Balaban J connectivity index is 0.000000184. The number of carboxylic acid groups (broad SMARTS) is 8. The minimum absolute atomic E-state index is 0.00960. The number of amides is 1. The van der Waals surface area contributed by atoms with Crippen molar-refractivity contribution in [1.82, 2.24) is 0 Å². The summed E-state index contributed by atoms with van der Waals surface area (Å²) < 4.78 is 24.8. The third kappa shape index (κ3) is 32.6. The molecule has 8 N–H and O–H groups in total. The molecule has 1 saturated carbocycles. The number of benzene rings is 13. The largest absolute Gasteiger partial charge is 0.497 e. The van der Waals surface area contributed by atoms with Crippen LogP contribution in [0.15, 0.2) is 333 Å². The lowest BCUT2D eigenvalue weighted by Crippen LogP contribution is -2.23. The highest BCUT2D eigenvalue weighted by Gasteiger charge is 2.30. The van der Waals surface area contributed by atoms with Crippen molar-refractivity contribution in [1.29, 1.82) is 0 Å². The summed E-state index contributed by atoms with van der Waals surface area (Å²) in [6, 6.07) is 98.0. The van der Waals surface area contributed by atoms with Gasteiger partial charge >= 0.3 is 47.8 Å². The minimum Gasteiger partial charge on any atom is -0.497 e. The van der Waals surface area contributed by atoms with Gasteiger partial charge in [0.15, 0.2) is 5.78 Å². The molecule has 23 nitrogen and oxygen atoms in total. The smallest absolute Gasteiger partial charge is 0.310 e. The molecular weight excluding hydrogens is 1850 g/mol. The highest BCUT2D eigenvalue weighted by atomic mass is 32.1. The van der Waals surface area contributed by atoms with E-state index in [1.54, 1.807) is 201 Å². The average Bonchev–Trinajstić information content (AvgIpc) is 1.84. The number of carboxylic acids is 8. The van der Waals surface area contributed by atoms with E-state index in [2.05, 4.69) is 13.8 Å². The molecule has 144 heavy (non-hydrogen) atoms. The van der Waals surface area contributed by atoms with Gasteiger partial charge in [-0.3, -0.25) is 57.5 Å². The number of fused-ring (bicyclic) bond motifs is 2. The first-order chi connectivity index (χ1) is 68.7. The Morgan fingerprint density at radius 2 is 0.771 bits per heavy atom. The molecule has 13 aromatic carbocycles. The number of carbonyl (C=O) groups excluding carboxylic acids is 4. The molecule has 0 saturated heterocycles. The molecule has 9 unspecified atom stereocenters. The van der Waals surface area contributed by atoms with E-state index in [1.165, 1.54) is 23.0 Å². The lowest BCUT2D eigenvalue weighted by Gasteiger charge is -2.16. The Kier molecular flexibility index (Phi) is 42.0. The monoisotopic (exact) mass is 1960 g/mol. The molecule has 0 spiro atoms. The van der Waals surface area contributed by atoms with Crippen LogP contribution in [0.3, 0.4) is 0 Å². The minimum atomic E-state index is -0.957. The Hall–Kier alpha value is -16.4. The van der Waals surface area contributed by atoms with Gasteiger partial charge in [0.2, 0.25) is 5.78 Å². The van der Waals surface area contributed by atoms with E-state index in [9.17, 15) is 61.9 Å². The Bertz CT molecular complexity index is 6710. The van der Waals surface area contributed by atoms with Crippen LogP contribution in [0.25, 0.3) is 21.9 Å². The number of hydrogen-bond donors (Lipinski definition) is 8. The highest BCUT2D eigenvalue weighted by molar-refractivity contribution is 7.12. The second-order valence-corrected chi connectivity index (χ2v) is 36.2. The van der Waals surface area contributed by atoms with Crippen LogP contribution in [-0.4, -0.2) is 119 Å². The van der Waals surface area contributed by atoms with Gasteiger partial charge in [-0.1, -0.05) is 269 Å². The number of nitrogens with zero attached hydrogens (tertiary/aromatic N) is 1. The number of halogens is 1. The fraction of sp³-hybridized carbons (Fsp3) is 0.227. The molecule has 9 atom stereocenters. The van der Waals surface area contributed by atoms with Crippen LogP contribution in [0.1, 0.15) is 239 Å². The van der Waals surface area contributed by atoms with E-state index >= 15 is 0 Å². The fourth-order valence-corrected chi connectivity index (χ4v) is 15.9. The number of thiophene rings is 1. The van der Waals surface area contributed by atoms with Crippen LogP contribution < -0.4 is 14.4 Å². The zero-order valence-electron chi connectivity index (χ0n) is 81.8. The van der Waals surface area contributed by atoms with E-state index in [0.29, 0.717) is 67.8 Å². The van der Waals surface area contributed by atoms with Crippen molar-refractivity contribution in [3.8, 4) is 28.4 Å². The first kappa shape index (κ1) is 111. The van der Waals surface area contributed by atoms with Crippen LogP contribution in [0, 0.1) is 17.7 Å². The van der Waals surface area contributed by atoms with Gasteiger partial charge in [0.1, 0.15) is 28.8 Å². The zero-order chi connectivity index (χ0) is 105. The van der Waals surface area contributed by atoms with E-state index < -0.39 is 101 Å². The van der Waals surface area contributed by atoms with Crippen LogP contribution in [-0.2, 0) is 62.5 Å². The molecule has 2 heterocycles. The summed E-state index contributed by atoms with van der Waals surface area (Å²) in [6.45, 7) is 18.1. The van der Waals surface area contributed by atoms with E-state index in [-0.39, 0.29) is 23.4 Å². The number of methoxy groups -OCH3 is 1. The van der Waals surface area contributed by atoms with Crippen LogP contribution in [0.4, 0.5) is 10.1 Å². The number of hydrogen-bond acceptors (Lipinski definition) is 15. The van der Waals surface area contributed by atoms with Crippen molar-refractivity contribution in [2.24, 2.45) is 11.8 Å². The number of ether oxygens (including phenoxy) is 2. The van der Waals surface area contributed by atoms with Crippen molar-refractivity contribution in [3.05, 3.63) is 427 Å². The van der Waals surface area contributed by atoms with Gasteiger partial charge in [-0.25, -0.2) is 4.39 Å². The molecular formula is C119H118FNO22S. The third-order valence-corrected chi connectivity index (χ3v) is 25.5. The maximum absolute atomic E-state index is 14.0. The SMILES string of the molecule is CC(C(=O)O)c1ccc(-c2ccccc2)c(F)c1.CC(C(=O)O)c1ccc(C(=O)c2cccs2)cc1.CC(C(=O)O)c1ccc(CC2CCCC2=O)cc1.CC(C(=O)O)c1ccc(N2Cc3ccccc3C2=O)cc1.CC(C(=O)O)c1cccc(C(=O)c2ccccc2)c1.CC(C(=O)O)c1cccc(Oc2ccccc2)c1.CC(C)Cc1ccc(C(C)C(=O)O)cc1.COc1ccc2cc(C(C)C(=O)O)ccc2c1. The maximum Gasteiger partial charge on any atom is 0.310 e. The second-order valence-electron chi connectivity index (χ2n) is 35.3. The van der Waals surface area contributed by atoms with E-state index in [4.69, 9.17) is 50.3 Å². The molecule has 1 amide bonds. The summed E-state index contributed by atoms with van der Waals surface area (Å²) in [7, 11) is 1.63. The lowest BCUT2D eigenvalue weighted by molar-refractivity contribution is -0.139. The van der Waals surface area contributed by atoms with E-state index in [0.717, 1.165) is 110 Å². The third-order valence-electron chi connectivity index (χ3n) is 24.6. The summed E-state index contributed by atoms with van der Waals surface area (Å²) in [4.78, 5) is 138. The standard InChI is InChI=1S/C17H15NO3.C16H14O3.C15H13FO2.C15H18O3.C15H14O3.C14H12O3S.C14H14O3.C13H18O2/c1-11(17(20)21)12-6-8-14(9-7-12)18-10-13-4-2-3-5-15(13)16(18)19;1-11(16(18)19)13-8-5-9-14(10-13)15(17)12-6-3-2-4-7-12;1-10(15(17)18)12-7-8-13(14(16)9-12)11-5-3-2-4-6-11;1-10(15(17)18)12-7-5-11(6-8-12)9-13-3-2-4-14(13)16;1-11(15(16)17)12-6-5-9-14(10-12)18-13-7-3-2-4-8-13;1-9(14(16)17)10-4-6-11(7-5-10)13(15)12-3-2-8-18-12;1-9(14(15)16)10-3-4-12-8-13(17-2)6-5-11(12)7-10;1-9(2)8-11-4-6-12(7-5-11)10(3)13(14)15/h2-9,11H,10H2,1H3,(H,20,21);2-11H,1H3,(H,18,19);2-10H,1H3,(H,17,18);5-8,10,13H,2-4,9H2,1H3,(H,17,18);2-11H,1H3,(H,16,17);2-9H,1H3,(H,16,17);3-9H,1-2H3,(H,15,16);4-7,9-10H,8H2,1-3H3,(H,14,15). The van der Waals surface area contributed by atoms with Crippen LogP contribution >= 0.6 is 11.3 Å². The summed E-state index contributed by atoms with van der Waals surface area (Å²) in [5.74, 6) is -8.34. The topological polar surface area (TPSA) is 388 Å². The first-order valence-electron chi connectivity index (χ1n) is 46.9. The number of rotatable bonds is 29. The number of Topliss-reactive ketones (excluding diaryl/α,β-unsaturated/α-hetero) is 1. The zero-order valence-corrected chi connectivity index (χ0v) is 82.6. The van der Waals surface area contributed by atoms with Crippen molar-refractivity contribution in [2.45, 2.75) is 155 Å². The second kappa shape index (κ2) is 54.4. The Morgan fingerprint density at radius 1 is 0.361 bits per heavy atom.